The molecule has 0 spiro atoms. The molecular weight excluding hydrogens is 392 g/mol. The molecule has 5 rings (SSSR count). The number of carbonyl (C=O) groups is 1. The molecule has 2 N–H and O–H groups in total. The van der Waals surface area contributed by atoms with Gasteiger partial charge in [-0.3, -0.25) is 5.32 Å². The molecule has 7 nitrogen and oxygen atoms in total. The Morgan fingerprint density at radius 1 is 1.13 bits per heavy atom. The number of nitrogens with zero attached hydrogens (tertiary/aromatic N) is 3. The molecule has 2 aromatic carbocycles. The zero-order valence-corrected chi connectivity index (χ0v) is 17.2. The summed E-state index contributed by atoms with van der Waals surface area (Å²) in [5, 5.41) is 22.4. The molecule has 0 unspecified atom stereocenters. The highest BCUT2D eigenvalue weighted by Gasteiger charge is 2.28. The van der Waals surface area contributed by atoms with Crippen molar-refractivity contribution < 1.29 is 14.6 Å². The predicted molar refractivity (Wildman–Crippen MR) is 120 cm³/mol. The summed E-state index contributed by atoms with van der Waals surface area (Å²) in [6.45, 7) is 3.19. The molecule has 158 valence electrons. The van der Waals surface area contributed by atoms with Gasteiger partial charge in [0, 0.05) is 35.9 Å². The van der Waals surface area contributed by atoms with Gasteiger partial charge in [-0.15, -0.1) is 0 Å². The third-order valence-corrected chi connectivity index (χ3v) is 6.33. The fourth-order valence-corrected chi connectivity index (χ4v) is 4.57. The summed E-state index contributed by atoms with van der Waals surface area (Å²) < 4.78 is 7.83. The average molecular weight is 416 g/mol. The summed E-state index contributed by atoms with van der Waals surface area (Å²) in [6.07, 6.45) is 2.30. The minimum Gasteiger partial charge on any atom is -0.465 e. The molecule has 7 heteroatoms. The van der Waals surface area contributed by atoms with Gasteiger partial charge in [0.05, 0.1) is 30.0 Å². The molecule has 1 aliphatic carbocycles. The zero-order chi connectivity index (χ0) is 21.4. The Labute approximate surface area is 180 Å². The summed E-state index contributed by atoms with van der Waals surface area (Å²) in [6, 6.07) is 16.5. The van der Waals surface area contributed by atoms with Crippen LogP contribution in [0.1, 0.15) is 30.9 Å². The van der Waals surface area contributed by atoms with E-state index in [9.17, 15) is 10.1 Å². The van der Waals surface area contributed by atoms with Crippen LogP contribution in [-0.2, 0) is 4.74 Å². The van der Waals surface area contributed by atoms with Crippen LogP contribution in [0.3, 0.4) is 0 Å². The van der Waals surface area contributed by atoms with Gasteiger partial charge in [-0.1, -0.05) is 12.1 Å². The van der Waals surface area contributed by atoms with E-state index in [-0.39, 0.29) is 0 Å². The number of hydrogen-bond donors (Lipinski definition) is 2. The number of benzene rings is 2. The minimum absolute atomic E-state index is 0.372. The molecule has 2 heterocycles. The first kappa shape index (κ1) is 19.5. The largest absolute Gasteiger partial charge is 0.465 e. The number of rotatable bonds is 4. The van der Waals surface area contributed by atoms with Crippen LogP contribution in [0.4, 0.5) is 16.2 Å². The van der Waals surface area contributed by atoms with Crippen LogP contribution < -0.4 is 10.2 Å². The number of nitriles is 1. The number of anilines is 2. The Balaban J connectivity index is 1.66. The monoisotopic (exact) mass is 416 g/mol. The molecular formula is C24H24N4O3. The van der Waals surface area contributed by atoms with Crippen LogP contribution in [0.5, 0.6) is 0 Å². The van der Waals surface area contributed by atoms with Gasteiger partial charge >= 0.3 is 6.09 Å². The van der Waals surface area contributed by atoms with Gasteiger partial charge in [0.25, 0.3) is 0 Å². The van der Waals surface area contributed by atoms with Crippen molar-refractivity contribution >= 4 is 28.4 Å². The van der Waals surface area contributed by atoms with Crippen LogP contribution in [0.25, 0.3) is 22.2 Å². The number of carboxylic acid groups (broad SMARTS) is 1. The third-order valence-electron chi connectivity index (χ3n) is 6.33. The second-order valence-electron chi connectivity index (χ2n) is 8.10. The second-order valence-corrected chi connectivity index (χ2v) is 8.10. The van der Waals surface area contributed by atoms with E-state index in [2.05, 4.69) is 39.1 Å². The number of aromatic nitrogens is 1. The van der Waals surface area contributed by atoms with Gasteiger partial charge in [-0.2, -0.15) is 5.26 Å². The first-order valence-corrected chi connectivity index (χ1v) is 10.7. The first-order valence-electron chi connectivity index (χ1n) is 10.7. The van der Waals surface area contributed by atoms with Crippen molar-refractivity contribution in [2.24, 2.45) is 0 Å². The lowest BCUT2D eigenvalue weighted by Gasteiger charge is -2.31. The van der Waals surface area contributed by atoms with E-state index in [4.69, 9.17) is 9.84 Å². The molecule has 1 amide bonds. The standard InChI is InChI=1S/C24H24N4O3/c25-15-21-20-9-8-19(27-10-12-31-13-11-27)14-22(20)28(18-2-1-3-18)23(21)16-4-6-17(7-5-16)26-24(29)30/h4-9,14,18,26H,1-3,10-13H2,(H,29,30). The molecule has 0 atom stereocenters. The average Bonchev–Trinajstić information content (AvgIpc) is 3.06. The molecule has 31 heavy (non-hydrogen) atoms. The summed E-state index contributed by atoms with van der Waals surface area (Å²) in [5.74, 6) is 0. The van der Waals surface area contributed by atoms with Gasteiger partial charge in [-0.05, 0) is 55.2 Å². The molecule has 2 aliphatic rings. The fraction of sp³-hybridized carbons (Fsp3) is 0.333. The highest BCUT2D eigenvalue weighted by molar-refractivity contribution is 5.96. The van der Waals surface area contributed by atoms with Gasteiger partial charge in [0.1, 0.15) is 6.07 Å². The highest BCUT2D eigenvalue weighted by atomic mass is 16.5. The van der Waals surface area contributed by atoms with Crippen molar-refractivity contribution in [1.29, 1.82) is 5.26 Å². The lowest BCUT2D eigenvalue weighted by atomic mass is 9.92. The number of ether oxygens (including phenoxy) is 1. The van der Waals surface area contributed by atoms with E-state index in [1.54, 1.807) is 12.1 Å². The van der Waals surface area contributed by atoms with Crippen molar-refractivity contribution in [3.63, 3.8) is 0 Å². The number of nitrogens with one attached hydrogen (secondary N) is 1. The van der Waals surface area contributed by atoms with Crippen LogP contribution in [0.15, 0.2) is 42.5 Å². The van der Waals surface area contributed by atoms with Crippen LogP contribution >= 0.6 is 0 Å². The van der Waals surface area contributed by atoms with E-state index in [0.29, 0.717) is 17.3 Å². The first-order chi connectivity index (χ1) is 15.2. The second kappa shape index (κ2) is 7.97. The van der Waals surface area contributed by atoms with Gasteiger partial charge in [0.15, 0.2) is 0 Å². The fourth-order valence-electron chi connectivity index (χ4n) is 4.57. The van der Waals surface area contributed by atoms with Crippen LogP contribution in [0, 0.1) is 11.3 Å². The van der Waals surface area contributed by atoms with Crippen molar-refractivity contribution in [2.75, 3.05) is 36.5 Å². The SMILES string of the molecule is N#Cc1c(-c2ccc(NC(=O)O)cc2)n(C2CCC2)c2cc(N3CCOCC3)ccc12. The number of hydrogen-bond acceptors (Lipinski definition) is 4. The zero-order valence-electron chi connectivity index (χ0n) is 17.2. The molecule has 1 aliphatic heterocycles. The van der Waals surface area contributed by atoms with Crippen molar-refractivity contribution in [3.05, 3.63) is 48.0 Å². The Morgan fingerprint density at radius 2 is 1.87 bits per heavy atom. The topological polar surface area (TPSA) is 90.5 Å². The highest BCUT2D eigenvalue weighted by Crippen LogP contribution is 2.43. The quantitative estimate of drug-likeness (QED) is 0.636. The normalized spacial score (nSPS) is 16.7. The molecule has 1 saturated heterocycles. The maximum absolute atomic E-state index is 10.9. The van der Waals surface area contributed by atoms with Gasteiger partial charge in [0.2, 0.25) is 0 Å². The van der Waals surface area contributed by atoms with E-state index >= 15 is 0 Å². The van der Waals surface area contributed by atoms with E-state index in [1.165, 1.54) is 6.42 Å². The summed E-state index contributed by atoms with van der Waals surface area (Å²) >= 11 is 0. The number of amides is 1. The summed E-state index contributed by atoms with van der Waals surface area (Å²) in [7, 11) is 0. The lowest BCUT2D eigenvalue weighted by molar-refractivity contribution is 0.122. The van der Waals surface area contributed by atoms with Crippen molar-refractivity contribution in [2.45, 2.75) is 25.3 Å². The van der Waals surface area contributed by atoms with Crippen molar-refractivity contribution in [3.8, 4) is 17.3 Å². The van der Waals surface area contributed by atoms with Crippen LogP contribution in [0.2, 0.25) is 0 Å². The van der Waals surface area contributed by atoms with E-state index < -0.39 is 6.09 Å². The Kier molecular flexibility index (Phi) is 5.00. The van der Waals surface area contributed by atoms with Crippen LogP contribution in [-0.4, -0.2) is 42.1 Å². The minimum atomic E-state index is -1.09. The molecule has 2 fully saturated rings. The van der Waals surface area contributed by atoms with Crippen molar-refractivity contribution in [1.82, 2.24) is 4.57 Å². The summed E-state index contributed by atoms with van der Waals surface area (Å²) in [4.78, 5) is 13.3. The Morgan fingerprint density at radius 3 is 2.48 bits per heavy atom. The molecule has 1 aromatic heterocycles. The maximum Gasteiger partial charge on any atom is 0.409 e. The molecule has 1 saturated carbocycles. The Hall–Kier alpha value is -3.50. The summed E-state index contributed by atoms with van der Waals surface area (Å²) in [5.41, 5.74) is 5.27. The predicted octanol–water partition coefficient (Wildman–Crippen LogP) is 4.83. The number of fused-ring (bicyclic) bond motifs is 1. The molecule has 3 aromatic rings. The smallest absolute Gasteiger partial charge is 0.409 e. The Bertz CT molecular complexity index is 1170. The van der Waals surface area contributed by atoms with Gasteiger partial charge in [-0.25, -0.2) is 4.79 Å². The van der Waals surface area contributed by atoms with E-state index in [1.807, 2.05) is 12.1 Å². The molecule has 0 radical (unpaired) electrons. The van der Waals surface area contributed by atoms with E-state index in [0.717, 1.165) is 67.0 Å². The maximum atomic E-state index is 10.9. The third kappa shape index (κ3) is 3.49. The van der Waals surface area contributed by atoms with Gasteiger partial charge < -0.3 is 19.3 Å². The molecule has 0 bridgehead atoms. The lowest BCUT2D eigenvalue weighted by Crippen LogP contribution is -2.36. The number of morpholine rings is 1.